The molecule has 1 amide bonds. The molecule has 5 nitrogen and oxygen atoms in total. The van der Waals surface area contributed by atoms with Crippen LogP contribution in [0.3, 0.4) is 0 Å². The molecule has 2 aliphatic rings. The number of nitrogens with zero attached hydrogens (tertiary/aromatic N) is 2. The highest BCUT2D eigenvalue weighted by molar-refractivity contribution is 7.89. The first kappa shape index (κ1) is 19.2. The maximum absolute atomic E-state index is 13.2. The van der Waals surface area contributed by atoms with Crippen LogP contribution >= 0.6 is 0 Å². The smallest absolute Gasteiger partial charge is 0.253 e. The van der Waals surface area contributed by atoms with Crippen LogP contribution in [-0.2, 0) is 23.0 Å². The third-order valence-corrected chi connectivity index (χ3v) is 7.55. The molecule has 148 valence electrons. The lowest BCUT2D eigenvalue weighted by Gasteiger charge is -2.28. The average Bonchev–Trinajstić information content (AvgIpc) is 3.02. The molecule has 1 saturated heterocycles. The summed E-state index contributed by atoms with van der Waals surface area (Å²) in [5, 5.41) is 0. The van der Waals surface area contributed by atoms with Gasteiger partial charge in [-0.25, -0.2) is 8.42 Å². The summed E-state index contributed by atoms with van der Waals surface area (Å²) in [6, 6.07) is 14.5. The number of hydrogen-bond acceptors (Lipinski definition) is 3. The van der Waals surface area contributed by atoms with Crippen LogP contribution in [0.15, 0.2) is 53.4 Å². The molecule has 0 aromatic heterocycles. The van der Waals surface area contributed by atoms with Crippen molar-refractivity contribution in [2.75, 3.05) is 19.6 Å². The highest BCUT2D eigenvalue weighted by Crippen LogP contribution is 2.25. The Morgan fingerprint density at radius 3 is 2.29 bits per heavy atom. The van der Waals surface area contributed by atoms with Crippen LogP contribution in [-0.4, -0.2) is 43.2 Å². The number of likely N-dealkylation sites (tertiary alicyclic amines) is 1. The summed E-state index contributed by atoms with van der Waals surface area (Å²) in [7, 11) is -3.64. The Labute approximate surface area is 167 Å². The molecule has 2 heterocycles. The monoisotopic (exact) mass is 398 g/mol. The number of rotatable bonds is 3. The molecule has 2 aromatic rings. The maximum atomic E-state index is 13.2. The van der Waals surface area contributed by atoms with E-state index in [1.807, 2.05) is 23.1 Å². The summed E-state index contributed by atoms with van der Waals surface area (Å²) in [5.74, 6) is -0.0667. The lowest BCUT2D eigenvalue weighted by Crippen LogP contribution is -2.36. The minimum absolute atomic E-state index is 0.0667. The van der Waals surface area contributed by atoms with Crippen LogP contribution in [0.25, 0.3) is 0 Å². The SMILES string of the molecule is O=C(c1cccc(S(=O)(=O)N2CCc3ccccc3C2)c1)N1CCCCCC1. The normalized spacial score (nSPS) is 18.4. The Kier molecular flexibility index (Phi) is 5.51. The first-order valence-electron chi connectivity index (χ1n) is 10.0. The summed E-state index contributed by atoms with van der Waals surface area (Å²) in [6.45, 7) is 2.34. The van der Waals surface area contributed by atoms with Crippen LogP contribution in [0.4, 0.5) is 0 Å². The summed E-state index contributed by atoms with van der Waals surface area (Å²) >= 11 is 0. The molecule has 0 spiro atoms. The van der Waals surface area contributed by atoms with Crippen molar-refractivity contribution in [3.63, 3.8) is 0 Å². The van der Waals surface area contributed by atoms with Gasteiger partial charge < -0.3 is 4.90 Å². The van der Waals surface area contributed by atoms with Gasteiger partial charge in [0.25, 0.3) is 5.91 Å². The fourth-order valence-corrected chi connectivity index (χ4v) is 5.54. The molecule has 2 aromatic carbocycles. The number of carbonyl (C=O) groups is 1. The molecule has 4 rings (SSSR count). The van der Waals surface area contributed by atoms with Gasteiger partial charge in [-0.2, -0.15) is 4.31 Å². The molecular formula is C22H26N2O3S. The molecule has 0 aliphatic carbocycles. The average molecular weight is 399 g/mol. The van der Waals surface area contributed by atoms with Crippen molar-refractivity contribution in [1.29, 1.82) is 0 Å². The van der Waals surface area contributed by atoms with Crippen molar-refractivity contribution < 1.29 is 13.2 Å². The first-order valence-corrected chi connectivity index (χ1v) is 11.5. The van der Waals surface area contributed by atoms with Gasteiger partial charge in [-0.1, -0.05) is 43.2 Å². The van der Waals surface area contributed by atoms with E-state index in [1.165, 1.54) is 9.87 Å². The van der Waals surface area contributed by atoms with Crippen molar-refractivity contribution in [3.8, 4) is 0 Å². The molecule has 28 heavy (non-hydrogen) atoms. The number of carbonyl (C=O) groups excluding carboxylic acids is 1. The summed E-state index contributed by atoms with van der Waals surface area (Å²) < 4.78 is 27.9. The van der Waals surface area contributed by atoms with E-state index < -0.39 is 10.0 Å². The first-order chi connectivity index (χ1) is 13.6. The van der Waals surface area contributed by atoms with Gasteiger partial charge in [0.2, 0.25) is 10.0 Å². The standard InChI is InChI=1S/C22H26N2O3S/c25-22(23-13-5-1-2-6-14-23)19-10-7-11-21(16-19)28(26,27)24-15-12-18-8-3-4-9-20(18)17-24/h3-4,7-11,16H,1-2,5-6,12-15,17H2. The second-order valence-corrected chi connectivity index (χ2v) is 9.53. The van der Waals surface area contributed by atoms with Crippen LogP contribution in [0.5, 0.6) is 0 Å². The Hall–Kier alpha value is -2.18. The third kappa shape index (κ3) is 3.84. The van der Waals surface area contributed by atoms with Gasteiger partial charge >= 0.3 is 0 Å². The van der Waals surface area contributed by atoms with Gasteiger partial charge in [-0.3, -0.25) is 4.79 Å². The molecule has 2 aliphatic heterocycles. The van der Waals surface area contributed by atoms with E-state index in [-0.39, 0.29) is 10.8 Å². The third-order valence-electron chi connectivity index (χ3n) is 5.71. The van der Waals surface area contributed by atoms with E-state index in [2.05, 4.69) is 6.07 Å². The Morgan fingerprint density at radius 1 is 0.821 bits per heavy atom. The molecule has 0 N–H and O–H groups in total. The highest BCUT2D eigenvalue weighted by atomic mass is 32.2. The van der Waals surface area contributed by atoms with Crippen LogP contribution in [0.1, 0.15) is 47.2 Å². The second-order valence-electron chi connectivity index (χ2n) is 7.59. The molecule has 0 bridgehead atoms. The summed E-state index contributed by atoms with van der Waals surface area (Å²) in [6.07, 6.45) is 5.03. The summed E-state index contributed by atoms with van der Waals surface area (Å²) in [5.41, 5.74) is 2.72. The fourth-order valence-electron chi connectivity index (χ4n) is 4.07. The zero-order chi connectivity index (χ0) is 19.6. The molecular weight excluding hydrogens is 372 g/mol. The Balaban J connectivity index is 1.57. The summed E-state index contributed by atoms with van der Waals surface area (Å²) in [4.78, 5) is 14.9. The minimum Gasteiger partial charge on any atom is -0.339 e. The molecule has 0 atom stereocenters. The number of hydrogen-bond donors (Lipinski definition) is 0. The molecule has 0 unspecified atom stereocenters. The molecule has 6 heteroatoms. The van der Waals surface area contributed by atoms with Crippen LogP contribution in [0, 0.1) is 0 Å². The van der Waals surface area contributed by atoms with Crippen molar-refractivity contribution in [2.24, 2.45) is 0 Å². The molecule has 1 fully saturated rings. The molecule has 0 radical (unpaired) electrons. The van der Waals surface area contributed by atoms with E-state index in [9.17, 15) is 13.2 Å². The zero-order valence-electron chi connectivity index (χ0n) is 16.0. The van der Waals surface area contributed by atoms with Crippen molar-refractivity contribution in [1.82, 2.24) is 9.21 Å². The van der Waals surface area contributed by atoms with E-state index in [4.69, 9.17) is 0 Å². The van der Waals surface area contributed by atoms with Gasteiger partial charge in [-0.05, 0) is 48.6 Å². The number of benzene rings is 2. The molecule has 0 saturated carbocycles. The quantitative estimate of drug-likeness (QED) is 0.796. The Bertz CT molecular complexity index is 963. The zero-order valence-corrected chi connectivity index (χ0v) is 16.8. The predicted molar refractivity (Wildman–Crippen MR) is 109 cm³/mol. The predicted octanol–water partition coefficient (Wildman–Crippen LogP) is 3.45. The number of sulfonamides is 1. The Morgan fingerprint density at radius 2 is 1.54 bits per heavy atom. The van der Waals surface area contributed by atoms with E-state index >= 15 is 0 Å². The number of fused-ring (bicyclic) bond motifs is 1. The van der Waals surface area contributed by atoms with Gasteiger partial charge in [0, 0.05) is 31.7 Å². The second kappa shape index (κ2) is 8.05. The largest absolute Gasteiger partial charge is 0.339 e. The topological polar surface area (TPSA) is 57.7 Å². The number of amides is 1. The van der Waals surface area contributed by atoms with Gasteiger partial charge in [0.1, 0.15) is 0 Å². The van der Waals surface area contributed by atoms with Crippen molar-refractivity contribution in [2.45, 2.75) is 43.5 Å². The van der Waals surface area contributed by atoms with Gasteiger partial charge in [-0.15, -0.1) is 0 Å². The van der Waals surface area contributed by atoms with Crippen molar-refractivity contribution in [3.05, 3.63) is 65.2 Å². The van der Waals surface area contributed by atoms with E-state index in [1.54, 1.807) is 24.3 Å². The maximum Gasteiger partial charge on any atom is 0.253 e. The minimum atomic E-state index is -3.64. The fraction of sp³-hybridized carbons (Fsp3) is 0.409. The van der Waals surface area contributed by atoms with Gasteiger partial charge in [0.05, 0.1) is 4.90 Å². The van der Waals surface area contributed by atoms with E-state index in [0.29, 0.717) is 25.1 Å². The van der Waals surface area contributed by atoms with Crippen LogP contribution < -0.4 is 0 Å². The lowest BCUT2D eigenvalue weighted by atomic mass is 10.0. The lowest BCUT2D eigenvalue weighted by molar-refractivity contribution is 0.0761. The van der Waals surface area contributed by atoms with E-state index in [0.717, 1.165) is 44.3 Å². The van der Waals surface area contributed by atoms with Crippen LogP contribution in [0.2, 0.25) is 0 Å². The van der Waals surface area contributed by atoms with Gasteiger partial charge in [0.15, 0.2) is 0 Å². The highest BCUT2D eigenvalue weighted by Gasteiger charge is 2.29. The van der Waals surface area contributed by atoms with Crippen molar-refractivity contribution >= 4 is 15.9 Å².